The molecule has 1 saturated heterocycles. The van der Waals surface area contributed by atoms with Crippen LogP contribution >= 0.6 is 23.4 Å². The van der Waals surface area contributed by atoms with Crippen molar-refractivity contribution in [3.63, 3.8) is 0 Å². The number of piperidine rings is 1. The highest BCUT2D eigenvalue weighted by atomic mass is 35.5. The number of aromatic amines is 2. The van der Waals surface area contributed by atoms with Gasteiger partial charge in [-0.1, -0.05) is 11.6 Å². The number of benzene rings is 1. The number of carbonyl (C=O) groups is 3. The summed E-state index contributed by atoms with van der Waals surface area (Å²) in [4.78, 5) is 56.3. The summed E-state index contributed by atoms with van der Waals surface area (Å²) < 4.78 is 17.1. The summed E-state index contributed by atoms with van der Waals surface area (Å²) >= 11 is 7.58. The fourth-order valence-corrected chi connectivity index (χ4v) is 6.29. The molecule has 11 nitrogen and oxygen atoms in total. The molecule has 2 unspecified atom stereocenters. The van der Waals surface area contributed by atoms with E-state index in [9.17, 15) is 14.4 Å². The first-order valence-corrected chi connectivity index (χ1v) is 15.0. The van der Waals surface area contributed by atoms with Crippen LogP contribution in [0.25, 0.3) is 11.0 Å². The molecule has 4 aromatic rings. The zero-order chi connectivity index (χ0) is 30.6. The standard InChI is InChI=1S/C30H30ClN5O6S/c1-6-40-27(38)26-25-15(11-32-26)23(24-19(33-25)12-36(13-20(24)37)29(39)42-30(3,4)5)21-7-8-22(41-21)43-28-34-17-9-14(2)16(31)10-18(17)35-28/h7-11,23-24,32H,6,12-13H2,1-5H3,(H,34,35). The molecule has 3 aromatic heterocycles. The van der Waals surface area contributed by atoms with E-state index >= 15 is 0 Å². The largest absolute Gasteiger partial charge is 0.461 e. The molecular formula is C30H30ClN5O6S. The summed E-state index contributed by atoms with van der Waals surface area (Å²) in [6, 6.07) is 7.38. The number of aromatic nitrogens is 3. The summed E-state index contributed by atoms with van der Waals surface area (Å²) in [5.41, 5.74) is 3.42. The molecule has 0 aliphatic carbocycles. The molecule has 43 heavy (non-hydrogen) atoms. The lowest BCUT2D eigenvalue weighted by Gasteiger charge is -2.38. The van der Waals surface area contributed by atoms with Crippen LogP contribution in [-0.2, 0) is 14.3 Å². The average molecular weight is 624 g/mol. The van der Waals surface area contributed by atoms with E-state index in [2.05, 4.69) is 15.0 Å². The van der Waals surface area contributed by atoms with Crippen LogP contribution < -0.4 is 0 Å². The Hall–Kier alpha value is -4.03. The molecular weight excluding hydrogens is 594 g/mol. The number of likely N-dealkylation sites (tertiary alicyclic amines) is 1. The van der Waals surface area contributed by atoms with Crippen LogP contribution in [0.2, 0.25) is 5.02 Å². The van der Waals surface area contributed by atoms with Gasteiger partial charge in [0, 0.05) is 22.5 Å². The number of hydrogen-bond donors (Lipinski definition) is 2. The summed E-state index contributed by atoms with van der Waals surface area (Å²) in [5.74, 6) is -1.53. The number of esters is 1. The number of aliphatic imine (C=N–C) groups is 1. The second-order valence-corrected chi connectivity index (χ2v) is 12.9. The van der Waals surface area contributed by atoms with Crippen molar-refractivity contribution in [2.45, 2.75) is 56.4 Å². The van der Waals surface area contributed by atoms with Crippen molar-refractivity contribution in [1.29, 1.82) is 0 Å². The van der Waals surface area contributed by atoms with Gasteiger partial charge in [0.05, 0.1) is 48.3 Å². The van der Waals surface area contributed by atoms with E-state index in [1.807, 2.05) is 31.2 Å². The lowest BCUT2D eigenvalue weighted by molar-refractivity contribution is -0.123. The first kappa shape index (κ1) is 29.1. The second-order valence-electron chi connectivity index (χ2n) is 11.5. The maximum Gasteiger partial charge on any atom is 0.411 e. The van der Waals surface area contributed by atoms with Crippen molar-refractivity contribution >= 4 is 63.6 Å². The number of amides is 1. The minimum atomic E-state index is -0.730. The Bertz CT molecular complexity index is 1760. The third kappa shape index (κ3) is 5.56. The van der Waals surface area contributed by atoms with Crippen molar-refractivity contribution in [2.75, 3.05) is 19.7 Å². The number of aryl methyl sites for hydroxylation is 1. The second kappa shape index (κ2) is 10.9. The summed E-state index contributed by atoms with van der Waals surface area (Å²) in [5, 5.41) is 1.82. The molecule has 0 bridgehead atoms. The first-order valence-electron chi connectivity index (χ1n) is 13.8. The van der Waals surface area contributed by atoms with Gasteiger partial charge in [0.15, 0.2) is 21.7 Å². The molecule has 5 heterocycles. The predicted octanol–water partition coefficient (Wildman–Crippen LogP) is 6.43. The number of Topliss-reactive ketones (excluding diaryl/α,β-unsaturated/α-hetero) is 1. The van der Waals surface area contributed by atoms with Gasteiger partial charge in [0.25, 0.3) is 0 Å². The fourth-order valence-electron chi connectivity index (χ4n) is 5.37. The highest BCUT2D eigenvalue weighted by Crippen LogP contribution is 2.47. The molecule has 13 heteroatoms. The Labute approximate surface area is 256 Å². The Morgan fingerprint density at radius 2 is 2.00 bits per heavy atom. The van der Waals surface area contributed by atoms with E-state index in [4.69, 9.17) is 30.5 Å². The van der Waals surface area contributed by atoms with Gasteiger partial charge in [-0.05, 0) is 76.2 Å². The number of H-pyrrole nitrogens is 2. The van der Waals surface area contributed by atoms with Crippen LogP contribution in [0.3, 0.4) is 0 Å². The number of hydrogen-bond acceptors (Lipinski definition) is 9. The number of ether oxygens (including phenoxy) is 2. The van der Waals surface area contributed by atoms with Crippen LogP contribution in [0.15, 0.2) is 50.1 Å². The first-order chi connectivity index (χ1) is 20.4. The summed E-state index contributed by atoms with van der Waals surface area (Å²) in [6.07, 6.45) is 1.06. The number of rotatable bonds is 5. The van der Waals surface area contributed by atoms with Gasteiger partial charge in [0.2, 0.25) is 0 Å². The van der Waals surface area contributed by atoms with Gasteiger partial charge >= 0.3 is 12.1 Å². The van der Waals surface area contributed by atoms with Gasteiger partial charge in [-0.15, -0.1) is 0 Å². The Balaban J connectivity index is 1.35. The molecule has 0 spiro atoms. The molecule has 2 atom stereocenters. The number of furan rings is 1. The molecule has 1 amide bonds. The number of fused-ring (bicyclic) bond motifs is 3. The van der Waals surface area contributed by atoms with Gasteiger partial charge in [-0.3, -0.25) is 14.7 Å². The highest BCUT2D eigenvalue weighted by molar-refractivity contribution is 7.99. The molecule has 1 aromatic carbocycles. The molecule has 2 N–H and O–H groups in total. The normalized spacial score (nSPS) is 18.3. The smallest absolute Gasteiger partial charge is 0.411 e. The Morgan fingerprint density at radius 1 is 1.21 bits per heavy atom. The van der Waals surface area contributed by atoms with Gasteiger partial charge in [0.1, 0.15) is 11.4 Å². The lowest BCUT2D eigenvalue weighted by atomic mass is 9.75. The fraction of sp³-hybridized carbons (Fsp3) is 0.367. The van der Waals surface area contributed by atoms with Gasteiger partial charge < -0.3 is 23.9 Å². The van der Waals surface area contributed by atoms with E-state index in [1.165, 1.54) is 16.7 Å². The molecule has 2 aliphatic rings. The Morgan fingerprint density at radius 3 is 2.74 bits per heavy atom. The minimum absolute atomic E-state index is 0.0674. The SMILES string of the molecule is CCOC(=O)c1[nH]cc2c1N=C1CN(C(=O)OC(C)(C)C)CC(=O)C1C2c1ccc(Sc2nc3cc(Cl)c(C)cc3[nH]2)o1. The molecule has 6 rings (SSSR count). The van der Waals surface area contributed by atoms with Crippen LogP contribution in [0.4, 0.5) is 10.5 Å². The van der Waals surface area contributed by atoms with E-state index < -0.39 is 29.5 Å². The number of ketones is 1. The lowest BCUT2D eigenvalue weighted by Crippen LogP contribution is -2.53. The van der Waals surface area contributed by atoms with Gasteiger partial charge in [-0.25, -0.2) is 14.6 Å². The van der Waals surface area contributed by atoms with Crippen LogP contribution in [-0.4, -0.2) is 68.7 Å². The van der Waals surface area contributed by atoms with Crippen molar-refractivity contribution < 1.29 is 28.3 Å². The monoisotopic (exact) mass is 623 g/mol. The van der Waals surface area contributed by atoms with E-state index in [0.717, 1.165) is 16.6 Å². The van der Waals surface area contributed by atoms with Crippen molar-refractivity contribution in [2.24, 2.45) is 10.9 Å². The summed E-state index contributed by atoms with van der Waals surface area (Å²) in [6.45, 7) is 9.06. The average Bonchev–Trinajstić information content (AvgIpc) is 3.65. The topological polar surface area (TPSA) is 143 Å². The van der Waals surface area contributed by atoms with Crippen molar-refractivity contribution in [3.05, 3.63) is 58.1 Å². The van der Waals surface area contributed by atoms with Crippen molar-refractivity contribution in [1.82, 2.24) is 19.9 Å². The van der Waals surface area contributed by atoms with Crippen LogP contribution in [0, 0.1) is 12.8 Å². The van der Waals surface area contributed by atoms with E-state index in [1.54, 1.807) is 33.9 Å². The van der Waals surface area contributed by atoms with Crippen molar-refractivity contribution in [3.8, 4) is 0 Å². The Kier molecular flexibility index (Phi) is 7.37. The van der Waals surface area contributed by atoms with E-state index in [-0.39, 0.29) is 31.2 Å². The zero-order valence-electron chi connectivity index (χ0n) is 24.2. The maximum atomic E-state index is 13.7. The third-order valence-electron chi connectivity index (χ3n) is 7.19. The molecule has 1 fully saturated rings. The molecule has 2 aliphatic heterocycles. The number of carbonyl (C=O) groups excluding carboxylic acids is 3. The number of nitrogens with one attached hydrogen (secondary N) is 2. The highest BCUT2D eigenvalue weighted by Gasteiger charge is 2.47. The summed E-state index contributed by atoms with van der Waals surface area (Å²) in [7, 11) is 0. The number of nitrogens with zero attached hydrogens (tertiary/aromatic N) is 3. The maximum absolute atomic E-state index is 13.7. The molecule has 0 radical (unpaired) electrons. The number of imidazole rings is 1. The predicted molar refractivity (Wildman–Crippen MR) is 161 cm³/mol. The number of halogens is 1. The quantitative estimate of drug-likeness (QED) is 0.242. The van der Waals surface area contributed by atoms with Gasteiger partial charge in [-0.2, -0.15) is 0 Å². The zero-order valence-corrected chi connectivity index (χ0v) is 25.8. The molecule has 0 saturated carbocycles. The third-order valence-corrected chi connectivity index (χ3v) is 8.40. The van der Waals surface area contributed by atoms with Crippen LogP contribution in [0.1, 0.15) is 61.0 Å². The molecule has 224 valence electrons. The van der Waals surface area contributed by atoms with Crippen LogP contribution in [0.5, 0.6) is 0 Å². The van der Waals surface area contributed by atoms with E-state index in [0.29, 0.717) is 38.0 Å². The minimum Gasteiger partial charge on any atom is -0.461 e.